The van der Waals surface area contributed by atoms with Gasteiger partial charge in [-0.1, -0.05) is 20.8 Å². The van der Waals surface area contributed by atoms with Gasteiger partial charge in [0.15, 0.2) is 0 Å². The van der Waals surface area contributed by atoms with Crippen molar-refractivity contribution in [3.8, 4) is 0 Å². The summed E-state index contributed by atoms with van der Waals surface area (Å²) in [6.45, 7) is 14.9. The topological polar surface area (TPSA) is 73.7 Å². The summed E-state index contributed by atoms with van der Waals surface area (Å²) in [6.07, 6.45) is 1.45. The van der Waals surface area contributed by atoms with Gasteiger partial charge in [-0.05, 0) is 46.6 Å². The van der Waals surface area contributed by atoms with Gasteiger partial charge in [-0.2, -0.15) is 5.10 Å². The van der Waals surface area contributed by atoms with Gasteiger partial charge in [0.2, 0.25) is 0 Å². The maximum atomic E-state index is 12.5. The smallest absolute Gasteiger partial charge is 0.410 e. The number of ether oxygens (including phenoxy) is 2. The van der Waals surface area contributed by atoms with E-state index in [-0.39, 0.29) is 23.5 Å². The fourth-order valence-electron chi connectivity index (χ4n) is 3.08. The molecular weight excluding hydrogens is 346 g/mol. The van der Waals surface area contributed by atoms with E-state index in [1.54, 1.807) is 22.6 Å². The number of aromatic nitrogens is 2. The number of hydrogen-bond acceptors (Lipinski definition) is 5. The highest BCUT2D eigenvalue weighted by Gasteiger charge is 2.34. The molecule has 152 valence electrons. The average molecular weight is 380 g/mol. The van der Waals surface area contributed by atoms with Crippen LogP contribution >= 0.6 is 0 Å². The molecule has 1 aliphatic rings. The van der Waals surface area contributed by atoms with E-state index >= 15 is 0 Å². The van der Waals surface area contributed by atoms with Crippen molar-refractivity contribution in [2.75, 3.05) is 13.2 Å². The fourth-order valence-corrected chi connectivity index (χ4v) is 3.08. The van der Waals surface area contributed by atoms with Crippen molar-refractivity contribution >= 4 is 12.1 Å². The van der Waals surface area contributed by atoms with Crippen molar-refractivity contribution in [3.05, 3.63) is 17.5 Å². The van der Waals surface area contributed by atoms with Gasteiger partial charge in [0.25, 0.3) is 0 Å². The van der Waals surface area contributed by atoms with Crippen LogP contribution < -0.4 is 0 Å². The van der Waals surface area contributed by atoms with E-state index in [1.165, 1.54) is 0 Å². The number of likely N-dealkylation sites (tertiary alicyclic amines) is 1. The first-order chi connectivity index (χ1) is 12.4. The van der Waals surface area contributed by atoms with Crippen molar-refractivity contribution in [2.45, 2.75) is 84.9 Å². The molecule has 1 atom stereocenters. The molecule has 0 radical (unpaired) electrons. The number of nitrogens with zero attached hydrogens (tertiary/aromatic N) is 3. The van der Waals surface area contributed by atoms with E-state index in [2.05, 4.69) is 25.9 Å². The predicted molar refractivity (Wildman–Crippen MR) is 103 cm³/mol. The molecule has 1 unspecified atom stereocenters. The van der Waals surface area contributed by atoms with E-state index in [1.807, 2.05) is 20.8 Å². The molecule has 0 aliphatic carbocycles. The molecular formula is C20H33N3O4. The van der Waals surface area contributed by atoms with Crippen molar-refractivity contribution in [3.63, 3.8) is 0 Å². The molecule has 1 amide bonds. The third-order valence-electron chi connectivity index (χ3n) is 4.42. The van der Waals surface area contributed by atoms with Crippen molar-refractivity contribution in [1.29, 1.82) is 0 Å². The largest absolute Gasteiger partial charge is 0.461 e. The summed E-state index contributed by atoms with van der Waals surface area (Å²) in [6, 6.07) is 1.74. The van der Waals surface area contributed by atoms with Gasteiger partial charge in [0.05, 0.1) is 24.9 Å². The molecule has 0 bridgehead atoms. The summed E-state index contributed by atoms with van der Waals surface area (Å²) >= 11 is 0. The van der Waals surface area contributed by atoms with Crippen LogP contribution in [-0.4, -0.2) is 51.5 Å². The van der Waals surface area contributed by atoms with Gasteiger partial charge in [-0.25, -0.2) is 9.59 Å². The van der Waals surface area contributed by atoms with Crippen LogP contribution in [0.25, 0.3) is 0 Å². The van der Waals surface area contributed by atoms with Gasteiger partial charge in [-0.3, -0.25) is 4.68 Å². The van der Waals surface area contributed by atoms with Crippen LogP contribution in [0.4, 0.5) is 4.79 Å². The molecule has 27 heavy (non-hydrogen) atoms. The minimum Gasteiger partial charge on any atom is -0.461 e. The summed E-state index contributed by atoms with van der Waals surface area (Å²) in [5, 5.41) is 4.65. The zero-order valence-electron chi connectivity index (χ0n) is 17.7. The molecule has 1 aromatic rings. The van der Waals surface area contributed by atoms with E-state index in [0.29, 0.717) is 25.4 Å². The molecule has 7 nitrogen and oxygen atoms in total. The second-order valence-corrected chi connectivity index (χ2v) is 9.04. The van der Waals surface area contributed by atoms with Gasteiger partial charge >= 0.3 is 12.1 Å². The van der Waals surface area contributed by atoms with Crippen LogP contribution in [-0.2, 0) is 21.4 Å². The van der Waals surface area contributed by atoms with Crippen LogP contribution in [0.5, 0.6) is 0 Å². The summed E-state index contributed by atoms with van der Waals surface area (Å²) in [4.78, 5) is 26.7. The number of rotatable bonds is 4. The molecule has 0 aromatic carbocycles. The first-order valence-corrected chi connectivity index (χ1v) is 9.67. The zero-order valence-corrected chi connectivity index (χ0v) is 17.7. The van der Waals surface area contributed by atoms with Crippen molar-refractivity contribution in [2.24, 2.45) is 0 Å². The standard InChI is InChI=1S/C20H33N3O4/c1-8-26-17(24)15-12-16(19(2,3)4)21-23(15)13-14-10-9-11-22(14)18(25)27-20(5,6)7/h12,14H,8-11,13H2,1-7H3. The maximum absolute atomic E-state index is 12.5. The summed E-state index contributed by atoms with van der Waals surface area (Å²) < 4.78 is 12.4. The molecule has 2 rings (SSSR count). The van der Waals surface area contributed by atoms with E-state index in [4.69, 9.17) is 9.47 Å². The number of carbonyl (C=O) groups is 2. The Hall–Kier alpha value is -2.05. The average Bonchev–Trinajstić information content (AvgIpc) is 3.12. The Bertz CT molecular complexity index is 682. The molecule has 0 N–H and O–H groups in total. The Labute approximate surface area is 162 Å². The first kappa shape index (κ1) is 21.3. The van der Waals surface area contributed by atoms with Crippen LogP contribution in [0.3, 0.4) is 0 Å². The molecule has 1 aliphatic heterocycles. The van der Waals surface area contributed by atoms with E-state index in [0.717, 1.165) is 18.5 Å². The number of carbonyl (C=O) groups excluding carboxylic acids is 2. The second kappa shape index (κ2) is 7.90. The quantitative estimate of drug-likeness (QED) is 0.745. The van der Waals surface area contributed by atoms with Crippen molar-refractivity contribution in [1.82, 2.24) is 14.7 Å². The lowest BCUT2D eigenvalue weighted by atomic mass is 9.92. The van der Waals surface area contributed by atoms with E-state index < -0.39 is 5.60 Å². The third kappa shape index (κ3) is 5.47. The number of esters is 1. The lowest BCUT2D eigenvalue weighted by Crippen LogP contribution is -2.42. The summed E-state index contributed by atoms with van der Waals surface area (Å²) in [7, 11) is 0. The normalized spacial score (nSPS) is 17.9. The minimum atomic E-state index is -0.536. The monoisotopic (exact) mass is 379 g/mol. The van der Waals surface area contributed by atoms with Gasteiger partial charge < -0.3 is 14.4 Å². The second-order valence-electron chi connectivity index (χ2n) is 9.04. The van der Waals surface area contributed by atoms with Crippen LogP contribution in [0.1, 0.15) is 77.5 Å². The highest BCUT2D eigenvalue weighted by atomic mass is 16.6. The molecule has 2 heterocycles. The molecule has 1 aromatic heterocycles. The molecule has 7 heteroatoms. The fraction of sp³-hybridized carbons (Fsp3) is 0.750. The zero-order chi connectivity index (χ0) is 20.4. The molecule has 1 saturated heterocycles. The first-order valence-electron chi connectivity index (χ1n) is 9.67. The predicted octanol–water partition coefficient (Wildman–Crippen LogP) is 3.76. The molecule has 0 spiro atoms. The highest BCUT2D eigenvalue weighted by molar-refractivity contribution is 5.87. The summed E-state index contributed by atoms with van der Waals surface area (Å²) in [5.74, 6) is -0.387. The van der Waals surface area contributed by atoms with Crippen LogP contribution in [0.2, 0.25) is 0 Å². The van der Waals surface area contributed by atoms with Crippen molar-refractivity contribution < 1.29 is 19.1 Å². The molecule has 1 fully saturated rings. The Morgan fingerprint density at radius 2 is 1.89 bits per heavy atom. The Morgan fingerprint density at radius 3 is 2.44 bits per heavy atom. The Morgan fingerprint density at radius 1 is 1.22 bits per heavy atom. The lowest BCUT2D eigenvalue weighted by Gasteiger charge is -2.28. The van der Waals surface area contributed by atoms with Gasteiger partial charge in [0.1, 0.15) is 11.3 Å². The Balaban J connectivity index is 2.25. The van der Waals surface area contributed by atoms with Gasteiger partial charge in [0, 0.05) is 12.0 Å². The van der Waals surface area contributed by atoms with Crippen LogP contribution in [0, 0.1) is 0 Å². The SMILES string of the molecule is CCOC(=O)c1cc(C(C)(C)C)nn1CC1CCCN1C(=O)OC(C)(C)C. The maximum Gasteiger partial charge on any atom is 0.410 e. The molecule has 0 saturated carbocycles. The van der Waals surface area contributed by atoms with Gasteiger partial charge in [-0.15, -0.1) is 0 Å². The Kier molecular flexibility index (Phi) is 6.22. The van der Waals surface area contributed by atoms with E-state index in [9.17, 15) is 9.59 Å². The minimum absolute atomic E-state index is 0.0549. The highest BCUT2D eigenvalue weighted by Crippen LogP contribution is 2.25. The summed E-state index contributed by atoms with van der Waals surface area (Å²) in [5.41, 5.74) is 0.531. The number of amides is 1. The third-order valence-corrected chi connectivity index (χ3v) is 4.42. The lowest BCUT2D eigenvalue weighted by molar-refractivity contribution is 0.0210. The van der Waals surface area contributed by atoms with Crippen LogP contribution in [0.15, 0.2) is 6.07 Å². The number of hydrogen-bond donors (Lipinski definition) is 0.